The summed E-state index contributed by atoms with van der Waals surface area (Å²) < 4.78 is 2.05. The normalized spacial score (nSPS) is 10.2. The molecule has 2 aromatic carbocycles. The summed E-state index contributed by atoms with van der Waals surface area (Å²) in [5.74, 6) is 1.69. The summed E-state index contributed by atoms with van der Waals surface area (Å²) in [6.07, 6.45) is 2.06. The monoisotopic (exact) mass is 473 g/mol. The number of rotatable bonds is 3. The van der Waals surface area contributed by atoms with E-state index in [1.807, 2.05) is 41.8 Å². The Morgan fingerprint density at radius 3 is 2.43 bits per heavy atom. The van der Waals surface area contributed by atoms with Gasteiger partial charge in [-0.05, 0) is 25.3 Å². The molecule has 3 nitrogen and oxygen atoms in total. The third-order valence-electron chi connectivity index (χ3n) is 3.10. The van der Waals surface area contributed by atoms with E-state index in [4.69, 9.17) is 0 Å². The zero-order valence-electron chi connectivity index (χ0n) is 11.7. The van der Waals surface area contributed by atoms with E-state index in [0.29, 0.717) is 0 Å². The van der Waals surface area contributed by atoms with Gasteiger partial charge in [-0.1, -0.05) is 23.1 Å². The molecule has 1 radical (unpaired) electrons. The maximum atomic E-state index is 4.29. The van der Waals surface area contributed by atoms with Gasteiger partial charge in [-0.15, -0.1) is 34.9 Å². The molecule has 0 saturated carbocycles. The van der Waals surface area contributed by atoms with Crippen LogP contribution in [0.5, 0.6) is 0 Å². The molecule has 0 fully saturated rings. The van der Waals surface area contributed by atoms with E-state index in [1.54, 1.807) is 11.8 Å². The van der Waals surface area contributed by atoms with Crippen LogP contribution in [0.2, 0.25) is 0 Å². The first-order chi connectivity index (χ1) is 9.79. The summed E-state index contributed by atoms with van der Waals surface area (Å²) in [6, 6.07) is 19.5. The van der Waals surface area contributed by atoms with Gasteiger partial charge in [-0.2, -0.15) is 16.9 Å². The maximum absolute atomic E-state index is 4.29. The van der Waals surface area contributed by atoms with Crippen LogP contribution in [0, 0.1) is 13.0 Å². The topological polar surface area (TPSA) is 30.7 Å². The van der Waals surface area contributed by atoms with Gasteiger partial charge >= 0.3 is 0 Å². The molecule has 0 bridgehead atoms. The Morgan fingerprint density at radius 2 is 1.81 bits per heavy atom. The van der Waals surface area contributed by atoms with Crippen LogP contribution in [0.15, 0.2) is 53.4 Å². The first-order valence-corrected chi connectivity index (χ1v) is 7.55. The van der Waals surface area contributed by atoms with Crippen molar-refractivity contribution in [3.63, 3.8) is 0 Å². The van der Waals surface area contributed by atoms with Crippen LogP contribution >= 0.6 is 11.8 Å². The first-order valence-electron chi connectivity index (χ1n) is 6.33. The van der Waals surface area contributed by atoms with Crippen molar-refractivity contribution in [2.75, 3.05) is 6.26 Å². The number of benzene rings is 2. The second-order valence-corrected chi connectivity index (χ2v) is 5.26. The van der Waals surface area contributed by atoms with Crippen LogP contribution in [0.4, 0.5) is 0 Å². The van der Waals surface area contributed by atoms with Gasteiger partial charge in [0.15, 0.2) is 0 Å². The largest absolute Gasteiger partial charge is 0.320 e. The number of hydrogen-bond donors (Lipinski definition) is 0. The van der Waals surface area contributed by atoms with Gasteiger partial charge in [0, 0.05) is 25.8 Å². The van der Waals surface area contributed by atoms with Crippen molar-refractivity contribution in [2.45, 2.75) is 11.8 Å². The van der Waals surface area contributed by atoms with Crippen molar-refractivity contribution < 1.29 is 20.1 Å². The van der Waals surface area contributed by atoms with Crippen LogP contribution < -0.4 is 0 Å². The molecule has 0 unspecified atom stereocenters. The third-order valence-corrected chi connectivity index (χ3v) is 3.83. The molecule has 0 aliphatic rings. The number of nitrogens with zero attached hydrogens (tertiary/aromatic N) is 3. The van der Waals surface area contributed by atoms with Crippen molar-refractivity contribution in [3.8, 4) is 17.1 Å². The molecule has 0 aliphatic carbocycles. The minimum Gasteiger partial charge on any atom is -0.320 e. The fourth-order valence-electron chi connectivity index (χ4n) is 2.10. The van der Waals surface area contributed by atoms with Gasteiger partial charge in [0.1, 0.15) is 5.82 Å². The Labute approximate surface area is 142 Å². The van der Waals surface area contributed by atoms with Crippen LogP contribution in [0.3, 0.4) is 0 Å². The third kappa shape index (κ3) is 3.26. The fraction of sp³-hybridized carbons (Fsp3) is 0.125. The first kappa shape index (κ1) is 16.0. The van der Waals surface area contributed by atoms with Crippen LogP contribution in [0.25, 0.3) is 17.1 Å². The summed E-state index contributed by atoms with van der Waals surface area (Å²) >= 11 is 1.70. The zero-order chi connectivity index (χ0) is 13.9. The van der Waals surface area contributed by atoms with E-state index in [-0.39, 0.29) is 20.1 Å². The number of aromatic nitrogens is 3. The second kappa shape index (κ2) is 7.03. The summed E-state index contributed by atoms with van der Waals surface area (Å²) in [6.45, 7) is 1.96. The molecule has 5 heteroatoms. The van der Waals surface area contributed by atoms with E-state index in [9.17, 15) is 0 Å². The minimum atomic E-state index is 0. The molecule has 0 spiro atoms. The molecule has 0 N–H and O–H groups in total. The Kier molecular flexibility index (Phi) is 5.34. The maximum Gasteiger partial charge on any atom is 0.125 e. The van der Waals surface area contributed by atoms with Crippen LogP contribution in [0.1, 0.15) is 5.82 Å². The summed E-state index contributed by atoms with van der Waals surface area (Å²) in [5.41, 5.74) is 2.01. The van der Waals surface area contributed by atoms with E-state index in [2.05, 4.69) is 40.7 Å². The van der Waals surface area contributed by atoms with Crippen LogP contribution in [-0.4, -0.2) is 21.0 Å². The molecule has 3 rings (SSSR count). The van der Waals surface area contributed by atoms with Crippen molar-refractivity contribution in [2.24, 2.45) is 0 Å². The zero-order valence-corrected chi connectivity index (χ0v) is 14.9. The van der Waals surface area contributed by atoms with Gasteiger partial charge in [0.25, 0.3) is 0 Å². The summed E-state index contributed by atoms with van der Waals surface area (Å²) in [7, 11) is 0. The molecule has 0 aliphatic heterocycles. The number of hydrogen-bond acceptors (Lipinski definition) is 3. The molecular formula is C16H14IrN3S-. The predicted octanol–water partition coefficient (Wildman–Crippen LogP) is 3.76. The molecule has 1 heterocycles. The smallest absolute Gasteiger partial charge is 0.125 e. The summed E-state index contributed by atoms with van der Waals surface area (Å²) in [4.78, 5) is 1.19. The number of thioether (sulfide) groups is 1. The van der Waals surface area contributed by atoms with E-state index in [0.717, 1.165) is 22.9 Å². The quantitative estimate of drug-likeness (QED) is 0.430. The van der Waals surface area contributed by atoms with E-state index in [1.165, 1.54) is 4.90 Å². The molecular weight excluding hydrogens is 458 g/mol. The van der Waals surface area contributed by atoms with Gasteiger partial charge in [-0.25, -0.2) is 0 Å². The molecule has 0 amide bonds. The Balaban J connectivity index is 0.00000161. The van der Waals surface area contributed by atoms with Gasteiger partial charge in [-0.3, -0.25) is 0 Å². The minimum absolute atomic E-state index is 0. The average molecular weight is 473 g/mol. The molecule has 1 aromatic heterocycles. The average Bonchev–Trinajstić information content (AvgIpc) is 2.90. The van der Waals surface area contributed by atoms with Crippen molar-refractivity contribution in [3.05, 3.63) is 60.4 Å². The Bertz CT molecular complexity index is 708. The number of aryl methyl sites for hydroxylation is 1. The SMILES string of the molecule is CSc1c[c-]c(-c2nnc(C)n2-c2ccccc2)cc1.[Ir]. The van der Waals surface area contributed by atoms with Gasteiger partial charge in [0.05, 0.1) is 5.82 Å². The predicted molar refractivity (Wildman–Crippen MR) is 82.1 cm³/mol. The molecule has 3 aromatic rings. The molecule has 109 valence electrons. The van der Waals surface area contributed by atoms with Gasteiger partial charge in [0.2, 0.25) is 0 Å². The van der Waals surface area contributed by atoms with E-state index >= 15 is 0 Å². The summed E-state index contributed by atoms with van der Waals surface area (Å²) in [5, 5.41) is 8.49. The molecule has 0 saturated heterocycles. The Hall–Kier alpha value is -1.42. The van der Waals surface area contributed by atoms with E-state index < -0.39 is 0 Å². The van der Waals surface area contributed by atoms with Gasteiger partial charge < -0.3 is 4.57 Å². The molecule has 21 heavy (non-hydrogen) atoms. The fourth-order valence-corrected chi connectivity index (χ4v) is 2.48. The standard InChI is InChI=1S/C16H14N3S.Ir/c1-12-17-18-16(13-8-10-15(20-2)11-9-13)19(12)14-6-4-3-5-7-14;/h3-8,10-11H,1-2H3;/q-1;. The molecule has 0 atom stereocenters. The van der Waals surface area contributed by atoms with Crippen molar-refractivity contribution in [1.29, 1.82) is 0 Å². The Morgan fingerprint density at radius 1 is 1.05 bits per heavy atom. The van der Waals surface area contributed by atoms with Crippen LogP contribution in [-0.2, 0) is 20.1 Å². The van der Waals surface area contributed by atoms with Crippen molar-refractivity contribution in [1.82, 2.24) is 14.8 Å². The second-order valence-electron chi connectivity index (χ2n) is 4.38. The number of para-hydroxylation sites is 1. The van der Waals surface area contributed by atoms with Crippen molar-refractivity contribution >= 4 is 11.8 Å².